The molecule has 1 N–H and O–H groups in total. The molecule has 0 saturated heterocycles. The van der Waals surface area contributed by atoms with Gasteiger partial charge in [-0.05, 0) is 13.1 Å². The van der Waals surface area contributed by atoms with Crippen LogP contribution in [0.1, 0.15) is 5.56 Å². The number of nitrogens with one attached hydrogen (secondary N) is 1. The van der Waals surface area contributed by atoms with Crippen LogP contribution in [0.15, 0.2) is 12.1 Å². The van der Waals surface area contributed by atoms with E-state index < -0.39 is 5.82 Å². The van der Waals surface area contributed by atoms with Crippen molar-refractivity contribution in [3.8, 4) is 5.75 Å². The Morgan fingerprint density at radius 2 is 2.23 bits per heavy atom. The second-order valence-electron chi connectivity index (χ2n) is 2.61. The van der Waals surface area contributed by atoms with Gasteiger partial charge in [-0.15, -0.1) is 0 Å². The molecule has 13 heavy (non-hydrogen) atoms. The van der Waals surface area contributed by atoms with Crippen LogP contribution in [0.3, 0.4) is 0 Å². The Labute approximate surface area is 81.7 Å². The highest BCUT2D eigenvalue weighted by molar-refractivity contribution is 6.30. The Balaban J connectivity index is 3.09. The normalized spacial score (nSPS) is 10.2. The van der Waals surface area contributed by atoms with Gasteiger partial charge in [-0.1, -0.05) is 11.6 Å². The second-order valence-corrected chi connectivity index (χ2v) is 3.02. The third kappa shape index (κ3) is 2.32. The fourth-order valence-electron chi connectivity index (χ4n) is 1.09. The Hall–Kier alpha value is -0.800. The van der Waals surface area contributed by atoms with Crippen LogP contribution in [0, 0.1) is 5.82 Å². The fraction of sp³-hybridized carbons (Fsp3) is 0.333. The lowest BCUT2D eigenvalue weighted by Crippen LogP contribution is -2.07. The predicted octanol–water partition coefficient (Wildman–Crippen LogP) is 2.21. The van der Waals surface area contributed by atoms with E-state index >= 15 is 0 Å². The van der Waals surface area contributed by atoms with Gasteiger partial charge in [0.05, 0.1) is 12.1 Å². The van der Waals surface area contributed by atoms with Crippen molar-refractivity contribution < 1.29 is 9.13 Å². The van der Waals surface area contributed by atoms with E-state index in [-0.39, 0.29) is 5.02 Å². The van der Waals surface area contributed by atoms with E-state index in [2.05, 4.69) is 5.32 Å². The molecule has 0 unspecified atom stereocenters. The molecule has 0 aliphatic carbocycles. The molecule has 2 nitrogen and oxygen atoms in total. The molecule has 0 amide bonds. The van der Waals surface area contributed by atoms with Gasteiger partial charge in [-0.2, -0.15) is 0 Å². The summed E-state index contributed by atoms with van der Waals surface area (Å²) < 4.78 is 17.9. The van der Waals surface area contributed by atoms with Gasteiger partial charge in [0.2, 0.25) is 0 Å². The molecule has 0 aromatic heterocycles. The average Bonchev–Trinajstić information content (AvgIpc) is 2.11. The maximum atomic E-state index is 13.0. The van der Waals surface area contributed by atoms with Crippen LogP contribution in [0.25, 0.3) is 0 Å². The lowest BCUT2D eigenvalue weighted by atomic mass is 10.2. The zero-order valence-electron chi connectivity index (χ0n) is 7.53. The highest BCUT2D eigenvalue weighted by Crippen LogP contribution is 2.25. The third-order valence-corrected chi connectivity index (χ3v) is 1.98. The monoisotopic (exact) mass is 203 g/mol. The summed E-state index contributed by atoms with van der Waals surface area (Å²) in [5, 5.41) is 3.06. The summed E-state index contributed by atoms with van der Waals surface area (Å²) in [4.78, 5) is 0. The van der Waals surface area contributed by atoms with Crippen LogP contribution >= 0.6 is 11.6 Å². The third-order valence-electron chi connectivity index (χ3n) is 1.69. The second kappa shape index (κ2) is 4.44. The van der Waals surface area contributed by atoms with Crippen LogP contribution in [0.2, 0.25) is 5.02 Å². The first-order valence-corrected chi connectivity index (χ1v) is 4.23. The average molecular weight is 204 g/mol. The van der Waals surface area contributed by atoms with Gasteiger partial charge in [0.25, 0.3) is 0 Å². The zero-order valence-corrected chi connectivity index (χ0v) is 8.28. The van der Waals surface area contributed by atoms with Crippen molar-refractivity contribution in [3.05, 3.63) is 28.5 Å². The summed E-state index contributed by atoms with van der Waals surface area (Å²) in [5.74, 6) is 0.0506. The number of halogens is 2. The first-order valence-electron chi connectivity index (χ1n) is 3.85. The number of methoxy groups -OCH3 is 1. The van der Waals surface area contributed by atoms with E-state index in [1.165, 1.54) is 13.2 Å². The molecule has 0 aliphatic rings. The lowest BCUT2D eigenvalue weighted by molar-refractivity contribution is 0.405. The first kappa shape index (κ1) is 10.3. The first-order chi connectivity index (χ1) is 6.19. The van der Waals surface area contributed by atoms with Crippen molar-refractivity contribution in [2.45, 2.75) is 6.54 Å². The van der Waals surface area contributed by atoms with E-state index in [0.717, 1.165) is 5.56 Å². The zero-order chi connectivity index (χ0) is 9.84. The molecular formula is C9H11ClFNO. The van der Waals surface area contributed by atoms with Gasteiger partial charge < -0.3 is 10.1 Å². The van der Waals surface area contributed by atoms with Crippen molar-refractivity contribution in [1.29, 1.82) is 0 Å². The summed E-state index contributed by atoms with van der Waals surface area (Å²) in [6.45, 7) is 0.600. The molecule has 0 aliphatic heterocycles. The molecular weight excluding hydrogens is 193 g/mol. The van der Waals surface area contributed by atoms with Crippen molar-refractivity contribution in [1.82, 2.24) is 5.32 Å². The number of rotatable bonds is 3. The van der Waals surface area contributed by atoms with E-state index in [9.17, 15) is 4.39 Å². The van der Waals surface area contributed by atoms with Gasteiger partial charge in [-0.3, -0.25) is 0 Å². The van der Waals surface area contributed by atoms with Crippen LogP contribution in [0.4, 0.5) is 4.39 Å². The quantitative estimate of drug-likeness (QED) is 0.814. The van der Waals surface area contributed by atoms with Gasteiger partial charge in [0, 0.05) is 18.2 Å². The predicted molar refractivity (Wildman–Crippen MR) is 50.7 cm³/mol. The van der Waals surface area contributed by atoms with Crippen LogP contribution in [0.5, 0.6) is 5.75 Å². The Kier molecular flexibility index (Phi) is 3.51. The van der Waals surface area contributed by atoms with Crippen molar-refractivity contribution >= 4 is 11.6 Å². The summed E-state index contributed by atoms with van der Waals surface area (Å²) in [6.07, 6.45) is 0. The molecule has 72 valence electrons. The van der Waals surface area contributed by atoms with Gasteiger partial charge in [-0.25, -0.2) is 4.39 Å². The summed E-state index contributed by atoms with van der Waals surface area (Å²) in [5.41, 5.74) is 0.844. The summed E-state index contributed by atoms with van der Waals surface area (Å²) in [6, 6.07) is 2.85. The van der Waals surface area contributed by atoms with E-state index in [1.54, 1.807) is 13.1 Å². The minimum atomic E-state index is -0.460. The molecule has 0 fully saturated rings. The van der Waals surface area contributed by atoms with Crippen molar-refractivity contribution in [3.63, 3.8) is 0 Å². The molecule has 0 spiro atoms. The molecule has 1 aromatic carbocycles. The minimum Gasteiger partial charge on any atom is -0.496 e. The molecule has 1 aromatic rings. The SMILES string of the molecule is CNCc1cc(Cl)c(F)cc1OC. The molecule has 0 bridgehead atoms. The smallest absolute Gasteiger partial charge is 0.145 e. The topological polar surface area (TPSA) is 21.3 Å². The molecule has 0 radical (unpaired) electrons. The number of hydrogen-bond acceptors (Lipinski definition) is 2. The van der Waals surface area contributed by atoms with Crippen molar-refractivity contribution in [2.75, 3.05) is 14.2 Å². The Morgan fingerprint density at radius 3 is 2.77 bits per heavy atom. The van der Waals surface area contributed by atoms with Gasteiger partial charge in [0.15, 0.2) is 0 Å². The van der Waals surface area contributed by atoms with Gasteiger partial charge in [0.1, 0.15) is 11.6 Å². The highest BCUT2D eigenvalue weighted by atomic mass is 35.5. The van der Waals surface area contributed by atoms with E-state index in [4.69, 9.17) is 16.3 Å². The largest absolute Gasteiger partial charge is 0.496 e. The maximum Gasteiger partial charge on any atom is 0.145 e. The molecule has 0 atom stereocenters. The molecule has 1 rings (SSSR count). The lowest BCUT2D eigenvalue weighted by Gasteiger charge is -2.08. The number of benzene rings is 1. The molecule has 0 saturated carbocycles. The maximum absolute atomic E-state index is 13.0. The standard InChI is InChI=1S/C9H11ClFNO/c1-12-5-6-3-7(10)8(11)4-9(6)13-2/h3-4,12H,5H2,1-2H3. The number of hydrogen-bond donors (Lipinski definition) is 1. The Bertz CT molecular complexity index is 304. The highest BCUT2D eigenvalue weighted by Gasteiger charge is 2.07. The van der Waals surface area contributed by atoms with E-state index in [1.807, 2.05) is 0 Å². The summed E-state index contributed by atoms with van der Waals surface area (Å²) in [7, 11) is 3.30. The van der Waals surface area contributed by atoms with Crippen molar-refractivity contribution in [2.24, 2.45) is 0 Å². The molecule has 4 heteroatoms. The summed E-state index contributed by atoms with van der Waals surface area (Å²) >= 11 is 5.62. The van der Waals surface area contributed by atoms with Crippen LogP contribution in [-0.2, 0) is 6.54 Å². The van der Waals surface area contributed by atoms with E-state index in [0.29, 0.717) is 12.3 Å². The molecule has 0 heterocycles. The fourth-order valence-corrected chi connectivity index (χ4v) is 1.27. The minimum absolute atomic E-state index is 0.117. The Morgan fingerprint density at radius 1 is 1.54 bits per heavy atom. The van der Waals surface area contributed by atoms with Crippen LogP contribution < -0.4 is 10.1 Å². The number of ether oxygens (including phenoxy) is 1. The van der Waals surface area contributed by atoms with Gasteiger partial charge >= 0.3 is 0 Å². The van der Waals surface area contributed by atoms with Crippen LogP contribution in [-0.4, -0.2) is 14.2 Å².